The lowest BCUT2D eigenvalue weighted by Gasteiger charge is -2.29. The summed E-state index contributed by atoms with van der Waals surface area (Å²) in [5.74, 6) is 0. The summed E-state index contributed by atoms with van der Waals surface area (Å²) in [4.78, 5) is 14.3. The Morgan fingerprint density at radius 1 is 1.50 bits per heavy atom. The van der Waals surface area contributed by atoms with Crippen LogP contribution in [0.5, 0.6) is 0 Å². The predicted molar refractivity (Wildman–Crippen MR) is 82.2 cm³/mol. The summed E-state index contributed by atoms with van der Waals surface area (Å²) in [6, 6.07) is 0.239. The molecule has 112 valence electrons. The molecule has 7 heteroatoms. The van der Waals surface area contributed by atoms with Gasteiger partial charge in [-0.05, 0) is 29.8 Å². The van der Waals surface area contributed by atoms with Crippen LogP contribution in [-0.2, 0) is 11.3 Å². The fourth-order valence-corrected chi connectivity index (χ4v) is 2.69. The molecular formula is C13H21BrN4O2. The van der Waals surface area contributed by atoms with Crippen molar-refractivity contribution in [1.82, 2.24) is 14.7 Å². The maximum Gasteiger partial charge on any atom is 0.283 e. The Morgan fingerprint density at radius 2 is 2.20 bits per heavy atom. The van der Waals surface area contributed by atoms with E-state index in [0.717, 1.165) is 38.5 Å². The number of rotatable bonds is 5. The largest absolute Gasteiger partial charge is 0.379 e. The van der Waals surface area contributed by atoms with Crippen LogP contribution in [0.3, 0.4) is 0 Å². The van der Waals surface area contributed by atoms with Gasteiger partial charge in [0.1, 0.15) is 4.47 Å². The normalized spacial score (nSPS) is 17.9. The molecule has 0 saturated carbocycles. The second-order valence-electron chi connectivity index (χ2n) is 4.95. The van der Waals surface area contributed by atoms with Crippen molar-refractivity contribution in [2.24, 2.45) is 0 Å². The molecule has 20 heavy (non-hydrogen) atoms. The summed E-state index contributed by atoms with van der Waals surface area (Å²) in [6.07, 6.45) is 1.70. The van der Waals surface area contributed by atoms with Crippen molar-refractivity contribution in [1.29, 1.82) is 0 Å². The van der Waals surface area contributed by atoms with Crippen molar-refractivity contribution in [2.75, 3.05) is 38.2 Å². The van der Waals surface area contributed by atoms with E-state index in [1.807, 2.05) is 6.92 Å². The van der Waals surface area contributed by atoms with Gasteiger partial charge in [-0.1, -0.05) is 0 Å². The molecule has 1 saturated heterocycles. The molecule has 1 aromatic heterocycles. The molecule has 0 aliphatic carbocycles. The number of anilines is 1. The van der Waals surface area contributed by atoms with Crippen molar-refractivity contribution >= 4 is 21.6 Å². The van der Waals surface area contributed by atoms with E-state index in [0.29, 0.717) is 11.0 Å². The first-order chi connectivity index (χ1) is 9.61. The second-order valence-corrected chi connectivity index (χ2v) is 5.74. The van der Waals surface area contributed by atoms with E-state index < -0.39 is 0 Å². The minimum atomic E-state index is -0.101. The standard InChI is InChI=1S/C13H21BrN4O2/c1-3-18-13(19)12(14)11(8-15-18)16-10(2)9-17-4-6-20-7-5-17/h8,10,16H,3-7,9H2,1-2H3. The van der Waals surface area contributed by atoms with Gasteiger partial charge in [-0.3, -0.25) is 9.69 Å². The molecule has 1 atom stereocenters. The zero-order valence-corrected chi connectivity index (χ0v) is 13.5. The molecule has 1 aromatic rings. The summed E-state index contributed by atoms with van der Waals surface area (Å²) >= 11 is 3.36. The van der Waals surface area contributed by atoms with E-state index in [4.69, 9.17) is 4.74 Å². The number of nitrogens with one attached hydrogen (secondary N) is 1. The van der Waals surface area contributed by atoms with E-state index >= 15 is 0 Å². The summed E-state index contributed by atoms with van der Waals surface area (Å²) < 4.78 is 7.31. The van der Waals surface area contributed by atoms with Gasteiger partial charge in [0.15, 0.2) is 0 Å². The van der Waals surface area contributed by atoms with Gasteiger partial charge >= 0.3 is 0 Å². The molecule has 0 spiro atoms. The van der Waals surface area contributed by atoms with E-state index in [-0.39, 0.29) is 11.6 Å². The van der Waals surface area contributed by atoms with Gasteiger partial charge < -0.3 is 10.1 Å². The molecule has 1 unspecified atom stereocenters. The molecule has 1 N–H and O–H groups in total. The second kappa shape index (κ2) is 7.19. The summed E-state index contributed by atoms with van der Waals surface area (Å²) in [7, 11) is 0. The molecule has 0 amide bonds. The predicted octanol–water partition coefficient (Wildman–Crippen LogP) is 1.16. The molecule has 0 radical (unpaired) electrons. The summed E-state index contributed by atoms with van der Waals surface area (Å²) in [5, 5.41) is 7.48. The lowest BCUT2D eigenvalue weighted by molar-refractivity contribution is 0.0368. The van der Waals surface area contributed by atoms with Crippen LogP contribution in [0.1, 0.15) is 13.8 Å². The van der Waals surface area contributed by atoms with E-state index in [2.05, 4.69) is 38.2 Å². The Morgan fingerprint density at radius 3 is 2.85 bits per heavy atom. The van der Waals surface area contributed by atoms with Crippen LogP contribution in [0, 0.1) is 0 Å². The topological polar surface area (TPSA) is 59.4 Å². The number of halogens is 1. The van der Waals surface area contributed by atoms with Gasteiger partial charge in [-0.2, -0.15) is 5.10 Å². The number of aromatic nitrogens is 2. The van der Waals surface area contributed by atoms with Crippen LogP contribution in [0.25, 0.3) is 0 Å². The van der Waals surface area contributed by atoms with Gasteiger partial charge in [0, 0.05) is 32.2 Å². The highest BCUT2D eigenvalue weighted by Crippen LogP contribution is 2.17. The molecular weight excluding hydrogens is 324 g/mol. The highest BCUT2D eigenvalue weighted by Gasteiger charge is 2.15. The number of hydrogen-bond donors (Lipinski definition) is 1. The Balaban J connectivity index is 1.98. The number of ether oxygens (including phenoxy) is 1. The lowest BCUT2D eigenvalue weighted by Crippen LogP contribution is -2.42. The zero-order valence-electron chi connectivity index (χ0n) is 11.9. The molecule has 1 aliphatic heterocycles. The first-order valence-corrected chi connectivity index (χ1v) is 7.73. The van der Waals surface area contributed by atoms with Gasteiger partial charge in [0.25, 0.3) is 5.56 Å². The fraction of sp³-hybridized carbons (Fsp3) is 0.692. The number of hydrogen-bond acceptors (Lipinski definition) is 5. The minimum absolute atomic E-state index is 0.101. The average molecular weight is 345 g/mol. The van der Waals surface area contributed by atoms with Crippen molar-refractivity contribution in [3.8, 4) is 0 Å². The monoisotopic (exact) mass is 344 g/mol. The molecule has 0 aromatic carbocycles. The number of morpholine rings is 1. The highest BCUT2D eigenvalue weighted by molar-refractivity contribution is 9.10. The minimum Gasteiger partial charge on any atom is -0.379 e. The first-order valence-electron chi connectivity index (χ1n) is 6.94. The van der Waals surface area contributed by atoms with Crippen LogP contribution >= 0.6 is 15.9 Å². The fourth-order valence-electron chi connectivity index (χ4n) is 2.27. The van der Waals surface area contributed by atoms with Gasteiger partial charge in [0.05, 0.1) is 25.1 Å². The van der Waals surface area contributed by atoms with Crippen molar-refractivity contribution in [2.45, 2.75) is 26.4 Å². The van der Waals surface area contributed by atoms with Crippen LogP contribution in [0.15, 0.2) is 15.5 Å². The molecule has 0 bridgehead atoms. The highest BCUT2D eigenvalue weighted by atomic mass is 79.9. The van der Waals surface area contributed by atoms with Crippen molar-refractivity contribution < 1.29 is 4.74 Å². The van der Waals surface area contributed by atoms with Crippen molar-refractivity contribution in [3.05, 3.63) is 21.0 Å². The molecule has 6 nitrogen and oxygen atoms in total. The van der Waals surface area contributed by atoms with Crippen molar-refractivity contribution in [3.63, 3.8) is 0 Å². The maximum absolute atomic E-state index is 12.0. The smallest absolute Gasteiger partial charge is 0.283 e. The maximum atomic E-state index is 12.0. The van der Waals surface area contributed by atoms with Gasteiger partial charge in [0.2, 0.25) is 0 Å². The van der Waals surface area contributed by atoms with Crippen LogP contribution in [0.4, 0.5) is 5.69 Å². The third kappa shape index (κ3) is 3.80. The number of nitrogens with zero attached hydrogens (tertiary/aromatic N) is 3. The Kier molecular flexibility index (Phi) is 5.56. The van der Waals surface area contributed by atoms with Gasteiger partial charge in [-0.25, -0.2) is 4.68 Å². The number of aryl methyl sites for hydroxylation is 1. The Labute approximate surface area is 127 Å². The molecule has 2 heterocycles. The summed E-state index contributed by atoms with van der Waals surface area (Å²) in [6.45, 7) is 9.01. The molecule has 2 rings (SSSR count). The van der Waals surface area contributed by atoms with E-state index in [9.17, 15) is 4.79 Å². The van der Waals surface area contributed by atoms with Gasteiger partial charge in [-0.15, -0.1) is 0 Å². The van der Waals surface area contributed by atoms with E-state index in [1.165, 1.54) is 4.68 Å². The lowest BCUT2D eigenvalue weighted by atomic mass is 10.2. The molecule has 1 fully saturated rings. The average Bonchev–Trinajstić information content (AvgIpc) is 2.45. The molecule has 1 aliphatic rings. The van der Waals surface area contributed by atoms with E-state index in [1.54, 1.807) is 6.20 Å². The first kappa shape index (κ1) is 15.5. The third-order valence-corrected chi connectivity index (χ3v) is 4.09. The third-order valence-electron chi connectivity index (χ3n) is 3.32. The SMILES string of the molecule is CCn1ncc(NC(C)CN2CCOCC2)c(Br)c1=O. The van der Waals surface area contributed by atoms with Crippen LogP contribution in [-0.4, -0.2) is 53.6 Å². The summed E-state index contributed by atoms with van der Waals surface area (Å²) in [5.41, 5.74) is 0.650. The Bertz CT molecular complexity index is 500. The van der Waals surface area contributed by atoms with Crippen LogP contribution < -0.4 is 10.9 Å². The zero-order chi connectivity index (χ0) is 14.5. The van der Waals surface area contributed by atoms with Crippen LogP contribution in [0.2, 0.25) is 0 Å². The quantitative estimate of drug-likeness (QED) is 0.868. The Hall–Kier alpha value is -0.920.